The number of rotatable bonds is 5. The third-order valence-corrected chi connectivity index (χ3v) is 7.89. The van der Waals surface area contributed by atoms with Gasteiger partial charge in [0, 0.05) is 44.2 Å². The SMILES string of the molecule is COc1ccc(OC)c(S(=O)(=O)N2CCOC23CCN(C(=O)Nc2ccccc2)CC3)c1. The summed E-state index contributed by atoms with van der Waals surface area (Å²) in [5.41, 5.74) is -0.277. The van der Waals surface area contributed by atoms with E-state index in [1.165, 1.54) is 24.6 Å². The summed E-state index contributed by atoms with van der Waals surface area (Å²) in [7, 11) is -1.01. The number of methoxy groups -OCH3 is 2. The first-order valence-electron chi connectivity index (χ1n) is 10.4. The molecule has 0 atom stereocenters. The van der Waals surface area contributed by atoms with Crippen LogP contribution in [0.3, 0.4) is 0 Å². The largest absolute Gasteiger partial charge is 0.497 e. The number of nitrogens with one attached hydrogen (secondary N) is 1. The molecule has 1 N–H and O–H groups in total. The van der Waals surface area contributed by atoms with E-state index < -0.39 is 15.7 Å². The number of urea groups is 1. The summed E-state index contributed by atoms with van der Waals surface area (Å²) in [6.45, 7) is 1.28. The fourth-order valence-electron chi connectivity index (χ4n) is 4.21. The first-order valence-corrected chi connectivity index (χ1v) is 11.8. The number of ether oxygens (including phenoxy) is 3. The van der Waals surface area contributed by atoms with Crippen LogP contribution in [0, 0.1) is 0 Å². The molecule has 0 unspecified atom stereocenters. The topological polar surface area (TPSA) is 97.4 Å². The standard InChI is InChI=1S/C22H27N3O6S/c1-29-18-8-9-19(30-2)20(16-18)32(27,28)25-14-15-31-22(25)10-12-24(13-11-22)21(26)23-17-6-4-3-5-7-17/h3-9,16H,10-15H2,1-2H3,(H,23,26). The summed E-state index contributed by atoms with van der Waals surface area (Å²) in [6, 6.07) is 13.7. The average molecular weight is 462 g/mol. The van der Waals surface area contributed by atoms with E-state index in [0.717, 1.165) is 0 Å². The number of piperidine rings is 1. The van der Waals surface area contributed by atoms with Crippen molar-refractivity contribution in [1.29, 1.82) is 0 Å². The zero-order valence-corrected chi connectivity index (χ0v) is 18.9. The fourth-order valence-corrected chi connectivity index (χ4v) is 6.11. The van der Waals surface area contributed by atoms with Crippen LogP contribution < -0.4 is 14.8 Å². The van der Waals surface area contributed by atoms with Gasteiger partial charge in [0.2, 0.25) is 10.0 Å². The van der Waals surface area contributed by atoms with Crippen LogP contribution in [0.2, 0.25) is 0 Å². The van der Waals surface area contributed by atoms with Gasteiger partial charge in [0.15, 0.2) is 0 Å². The molecule has 0 aliphatic carbocycles. The Hall–Kier alpha value is -2.82. The molecule has 2 aliphatic heterocycles. The Morgan fingerprint density at radius 1 is 1.03 bits per heavy atom. The number of hydrogen-bond acceptors (Lipinski definition) is 6. The highest BCUT2D eigenvalue weighted by Crippen LogP contribution is 2.41. The second kappa shape index (κ2) is 8.97. The smallest absolute Gasteiger partial charge is 0.321 e. The van der Waals surface area contributed by atoms with Gasteiger partial charge in [-0.3, -0.25) is 0 Å². The van der Waals surface area contributed by atoms with Gasteiger partial charge in [-0.2, -0.15) is 4.31 Å². The van der Waals surface area contributed by atoms with Crippen molar-refractivity contribution in [3.63, 3.8) is 0 Å². The molecule has 2 heterocycles. The van der Waals surface area contributed by atoms with Crippen molar-refractivity contribution < 1.29 is 27.4 Å². The van der Waals surface area contributed by atoms with Crippen LogP contribution in [0.4, 0.5) is 10.5 Å². The van der Waals surface area contributed by atoms with Gasteiger partial charge in [-0.15, -0.1) is 0 Å². The molecule has 172 valence electrons. The molecule has 2 aromatic carbocycles. The van der Waals surface area contributed by atoms with Crippen molar-refractivity contribution in [2.24, 2.45) is 0 Å². The molecule has 0 aromatic heterocycles. The molecule has 9 nitrogen and oxygen atoms in total. The van der Waals surface area contributed by atoms with Gasteiger partial charge in [-0.05, 0) is 24.3 Å². The zero-order chi connectivity index (χ0) is 22.8. The number of anilines is 1. The molecule has 2 aromatic rings. The predicted molar refractivity (Wildman–Crippen MR) is 118 cm³/mol. The van der Waals surface area contributed by atoms with Crippen LogP contribution in [0.25, 0.3) is 0 Å². The number of sulfonamides is 1. The third-order valence-electron chi connectivity index (χ3n) is 5.92. The van der Waals surface area contributed by atoms with Crippen molar-refractivity contribution in [2.75, 3.05) is 45.8 Å². The van der Waals surface area contributed by atoms with Gasteiger partial charge in [-0.25, -0.2) is 13.2 Å². The molecule has 10 heteroatoms. The number of nitrogens with zero attached hydrogens (tertiary/aromatic N) is 2. The second-order valence-electron chi connectivity index (χ2n) is 7.67. The molecule has 2 amide bonds. The van der Waals surface area contributed by atoms with Crippen LogP contribution in [0.15, 0.2) is 53.4 Å². The monoisotopic (exact) mass is 461 g/mol. The minimum Gasteiger partial charge on any atom is -0.497 e. The van der Waals surface area contributed by atoms with Crippen LogP contribution >= 0.6 is 0 Å². The van der Waals surface area contributed by atoms with Crippen molar-refractivity contribution in [3.8, 4) is 11.5 Å². The summed E-state index contributed by atoms with van der Waals surface area (Å²) < 4.78 is 45.2. The minimum atomic E-state index is -3.92. The third kappa shape index (κ3) is 4.13. The maximum atomic E-state index is 13.6. The Bertz CT molecular complexity index is 1070. The first-order chi connectivity index (χ1) is 15.4. The Kier molecular flexibility index (Phi) is 6.27. The Balaban J connectivity index is 1.52. The molecule has 0 radical (unpaired) electrons. The summed E-state index contributed by atoms with van der Waals surface area (Å²) in [5.74, 6) is 0.665. The lowest BCUT2D eigenvalue weighted by Gasteiger charge is -2.42. The molecule has 4 rings (SSSR count). The van der Waals surface area contributed by atoms with Gasteiger partial charge in [0.25, 0.3) is 0 Å². The lowest BCUT2D eigenvalue weighted by atomic mass is 10.0. The first kappa shape index (κ1) is 22.4. The van der Waals surface area contributed by atoms with E-state index in [9.17, 15) is 13.2 Å². The molecular formula is C22H27N3O6S. The van der Waals surface area contributed by atoms with Crippen LogP contribution in [-0.4, -0.2) is 69.8 Å². The maximum Gasteiger partial charge on any atom is 0.321 e. The van der Waals surface area contributed by atoms with Gasteiger partial charge >= 0.3 is 6.03 Å². The van der Waals surface area contributed by atoms with E-state index in [0.29, 0.717) is 44.0 Å². The molecule has 32 heavy (non-hydrogen) atoms. The highest BCUT2D eigenvalue weighted by molar-refractivity contribution is 7.89. The van der Waals surface area contributed by atoms with Crippen molar-refractivity contribution in [3.05, 3.63) is 48.5 Å². The Morgan fingerprint density at radius 2 is 1.75 bits per heavy atom. The minimum absolute atomic E-state index is 0.0356. The van der Waals surface area contributed by atoms with E-state index in [4.69, 9.17) is 14.2 Å². The molecule has 0 saturated carbocycles. The maximum absolute atomic E-state index is 13.6. The lowest BCUT2D eigenvalue weighted by Crippen LogP contribution is -2.56. The van der Waals surface area contributed by atoms with Crippen LogP contribution in [0.1, 0.15) is 12.8 Å². The van der Waals surface area contributed by atoms with Gasteiger partial charge in [-0.1, -0.05) is 18.2 Å². The summed E-state index contributed by atoms with van der Waals surface area (Å²) in [6.07, 6.45) is 0.751. The summed E-state index contributed by atoms with van der Waals surface area (Å²) in [4.78, 5) is 14.3. The summed E-state index contributed by atoms with van der Waals surface area (Å²) in [5, 5.41) is 2.87. The van der Waals surface area contributed by atoms with E-state index in [1.807, 2.05) is 30.3 Å². The second-order valence-corrected chi connectivity index (χ2v) is 9.50. The van der Waals surface area contributed by atoms with Gasteiger partial charge < -0.3 is 24.4 Å². The number of benzene rings is 2. The van der Waals surface area contributed by atoms with Gasteiger partial charge in [0.1, 0.15) is 22.1 Å². The van der Waals surface area contributed by atoms with Gasteiger partial charge in [0.05, 0.1) is 20.8 Å². The molecule has 2 saturated heterocycles. The fraction of sp³-hybridized carbons (Fsp3) is 0.409. The quantitative estimate of drug-likeness (QED) is 0.735. The molecule has 2 fully saturated rings. The summed E-state index contributed by atoms with van der Waals surface area (Å²) >= 11 is 0. The van der Waals surface area contributed by atoms with Crippen molar-refractivity contribution >= 4 is 21.7 Å². The van der Waals surface area contributed by atoms with Crippen molar-refractivity contribution in [2.45, 2.75) is 23.5 Å². The highest BCUT2D eigenvalue weighted by atomic mass is 32.2. The normalized spacial score (nSPS) is 18.5. The number of carbonyl (C=O) groups excluding carboxylic acids is 1. The molecule has 2 aliphatic rings. The van der Waals surface area contributed by atoms with E-state index in [2.05, 4.69) is 5.32 Å². The molecule has 0 bridgehead atoms. The molecular weight excluding hydrogens is 434 g/mol. The van der Waals surface area contributed by atoms with Crippen molar-refractivity contribution in [1.82, 2.24) is 9.21 Å². The lowest BCUT2D eigenvalue weighted by molar-refractivity contribution is -0.0840. The number of amides is 2. The zero-order valence-electron chi connectivity index (χ0n) is 18.1. The number of para-hydroxylation sites is 1. The van der Waals surface area contributed by atoms with E-state index in [1.54, 1.807) is 17.0 Å². The number of carbonyl (C=O) groups is 1. The van der Waals surface area contributed by atoms with E-state index >= 15 is 0 Å². The molecule has 1 spiro atoms. The average Bonchev–Trinajstić information content (AvgIpc) is 3.23. The number of hydrogen-bond donors (Lipinski definition) is 1. The van der Waals surface area contributed by atoms with E-state index in [-0.39, 0.29) is 23.2 Å². The van der Waals surface area contributed by atoms with Crippen LogP contribution in [-0.2, 0) is 14.8 Å². The Morgan fingerprint density at radius 3 is 2.41 bits per heavy atom. The van der Waals surface area contributed by atoms with Crippen LogP contribution in [0.5, 0.6) is 11.5 Å². The number of likely N-dealkylation sites (tertiary alicyclic amines) is 1. The highest BCUT2D eigenvalue weighted by Gasteiger charge is 2.51. The Labute approximate surface area is 187 Å². The predicted octanol–water partition coefficient (Wildman–Crippen LogP) is 2.75.